The lowest BCUT2D eigenvalue weighted by Crippen LogP contribution is -2.36. The van der Waals surface area contributed by atoms with E-state index in [1.165, 1.54) is 24.3 Å². The summed E-state index contributed by atoms with van der Waals surface area (Å²) < 4.78 is 46.1. The van der Waals surface area contributed by atoms with Crippen LogP contribution in [0.4, 0.5) is 18.9 Å². The molecule has 0 spiro atoms. The Morgan fingerprint density at radius 3 is 2.47 bits per heavy atom. The van der Waals surface area contributed by atoms with Gasteiger partial charge in [-0.25, -0.2) is 0 Å². The molecule has 2 aromatic carbocycles. The zero-order valence-electron chi connectivity index (χ0n) is 16.4. The van der Waals surface area contributed by atoms with Crippen molar-refractivity contribution in [2.75, 3.05) is 31.6 Å². The van der Waals surface area contributed by atoms with Gasteiger partial charge in [0.1, 0.15) is 0 Å². The molecule has 0 aromatic heterocycles. The number of nitrogens with one attached hydrogen (secondary N) is 1. The van der Waals surface area contributed by atoms with Crippen LogP contribution in [0.5, 0.6) is 0 Å². The highest BCUT2D eigenvalue weighted by Gasteiger charge is 2.34. The number of carbonyl (C=O) groups is 2. The van der Waals surface area contributed by atoms with Gasteiger partial charge in [0, 0.05) is 36.4 Å². The fourth-order valence-electron chi connectivity index (χ4n) is 3.29. The number of anilines is 1. The van der Waals surface area contributed by atoms with Gasteiger partial charge in [-0.3, -0.25) is 14.5 Å². The van der Waals surface area contributed by atoms with Crippen molar-refractivity contribution in [2.24, 2.45) is 5.73 Å². The predicted octanol–water partition coefficient (Wildman–Crippen LogP) is 3.20. The van der Waals surface area contributed by atoms with Crippen molar-refractivity contribution in [1.82, 2.24) is 4.90 Å². The number of aryl methyl sites for hydroxylation is 1. The van der Waals surface area contributed by atoms with Crippen LogP contribution in [0.25, 0.3) is 0 Å². The maximum Gasteiger partial charge on any atom is 0.416 e. The Bertz CT molecular complexity index is 954. The number of ether oxygens (including phenoxy) is 1. The fraction of sp³-hybridized carbons (Fsp3) is 0.333. The average Bonchev–Trinajstić information content (AvgIpc) is 2.69. The Labute approximate surface area is 171 Å². The molecular formula is C21H22F3N3O3. The zero-order chi connectivity index (χ0) is 21.9. The number of alkyl halides is 3. The number of amides is 2. The summed E-state index contributed by atoms with van der Waals surface area (Å²) in [5, 5.41) is 2.46. The van der Waals surface area contributed by atoms with Crippen LogP contribution in [0.1, 0.15) is 37.4 Å². The lowest BCUT2D eigenvalue weighted by Gasteiger charge is -2.27. The molecule has 0 bridgehead atoms. The molecule has 0 radical (unpaired) electrons. The summed E-state index contributed by atoms with van der Waals surface area (Å²) in [6.07, 6.45) is -4.56. The molecule has 160 valence electrons. The largest absolute Gasteiger partial charge is 0.416 e. The average molecular weight is 421 g/mol. The third-order valence-electron chi connectivity index (χ3n) is 4.94. The Kier molecular flexibility index (Phi) is 6.42. The van der Waals surface area contributed by atoms with E-state index in [2.05, 4.69) is 5.32 Å². The Hall–Kier alpha value is -2.91. The quantitative estimate of drug-likeness (QED) is 0.777. The minimum Gasteiger partial charge on any atom is -0.379 e. The highest BCUT2D eigenvalue weighted by atomic mass is 19.4. The van der Waals surface area contributed by atoms with Crippen LogP contribution in [0.3, 0.4) is 0 Å². The highest BCUT2D eigenvalue weighted by molar-refractivity contribution is 6.06. The van der Waals surface area contributed by atoms with Crippen molar-refractivity contribution in [1.29, 1.82) is 0 Å². The monoisotopic (exact) mass is 421 g/mol. The van der Waals surface area contributed by atoms with E-state index in [0.29, 0.717) is 31.9 Å². The topological polar surface area (TPSA) is 84.7 Å². The summed E-state index contributed by atoms with van der Waals surface area (Å²) >= 11 is 0. The predicted molar refractivity (Wildman–Crippen MR) is 105 cm³/mol. The second kappa shape index (κ2) is 8.85. The maximum atomic E-state index is 13.6. The van der Waals surface area contributed by atoms with Gasteiger partial charge in [-0.1, -0.05) is 12.1 Å². The van der Waals surface area contributed by atoms with Crippen LogP contribution in [0.2, 0.25) is 0 Å². The number of nitrogens with zero attached hydrogens (tertiary/aromatic N) is 1. The van der Waals surface area contributed by atoms with Gasteiger partial charge in [0.2, 0.25) is 5.91 Å². The number of halogens is 3. The number of hydrogen-bond donors (Lipinski definition) is 2. The second-order valence-corrected chi connectivity index (χ2v) is 7.11. The third-order valence-corrected chi connectivity index (χ3v) is 4.94. The number of hydrogen-bond acceptors (Lipinski definition) is 4. The van der Waals surface area contributed by atoms with Crippen LogP contribution >= 0.6 is 0 Å². The Morgan fingerprint density at radius 1 is 1.13 bits per heavy atom. The van der Waals surface area contributed by atoms with Crippen molar-refractivity contribution in [3.05, 3.63) is 64.2 Å². The van der Waals surface area contributed by atoms with E-state index in [-0.39, 0.29) is 28.9 Å². The summed E-state index contributed by atoms with van der Waals surface area (Å²) in [4.78, 5) is 25.9. The van der Waals surface area contributed by atoms with Crippen molar-refractivity contribution >= 4 is 17.5 Å². The van der Waals surface area contributed by atoms with Crippen molar-refractivity contribution in [3.63, 3.8) is 0 Å². The minimum absolute atomic E-state index is 0.0132. The first kappa shape index (κ1) is 21.8. The van der Waals surface area contributed by atoms with Crippen LogP contribution < -0.4 is 11.1 Å². The van der Waals surface area contributed by atoms with Gasteiger partial charge in [-0.05, 0) is 42.3 Å². The molecular weight excluding hydrogens is 399 g/mol. The molecule has 0 unspecified atom stereocenters. The number of nitrogens with two attached hydrogens (primary N) is 1. The van der Waals surface area contributed by atoms with E-state index in [1.54, 1.807) is 13.0 Å². The van der Waals surface area contributed by atoms with E-state index in [1.807, 2.05) is 4.90 Å². The first-order valence-corrected chi connectivity index (χ1v) is 9.37. The van der Waals surface area contributed by atoms with E-state index in [9.17, 15) is 22.8 Å². The van der Waals surface area contributed by atoms with Gasteiger partial charge in [0.05, 0.1) is 18.8 Å². The fourth-order valence-corrected chi connectivity index (χ4v) is 3.29. The van der Waals surface area contributed by atoms with Gasteiger partial charge in [0.25, 0.3) is 5.91 Å². The third kappa shape index (κ3) is 5.17. The number of benzene rings is 2. The van der Waals surface area contributed by atoms with Gasteiger partial charge in [-0.2, -0.15) is 13.2 Å². The van der Waals surface area contributed by atoms with Gasteiger partial charge >= 0.3 is 6.18 Å². The normalized spacial score (nSPS) is 15.1. The lowest BCUT2D eigenvalue weighted by molar-refractivity contribution is -0.138. The van der Waals surface area contributed by atoms with Crippen LogP contribution in [0.15, 0.2) is 36.4 Å². The molecule has 1 aliphatic rings. The molecule has 1 aliphatic heterocycles. The highest BCUT2D eigenvalue weighted by Crippen LogP contribution is 2.34. The Morgan fingerprint density at radius 2 is 1.83 bits per heavy atom. The standard InChI is InChI=1S/C21H22F3N3O3/c1-13-2-3-14(10-17(13)19(25)28)20(29)26-16-5-4-15(18(11-16)21(22,23)24)12-27-6-8-30-9-7-27/h2-5,10-11H,6-9,12H2,1H3,(H2,25,28)(H,26,29). The number of rotatable bonds is 5. The zero-order valence-corrected chi connectivity index (χ0v) is 16.4. The SMILES string of the molecule is Cc1ccc(C(=O)Nc2ccc(CN3CCOCC3)c(C(F)(F)F)c2)cc1C(N)=O. The van der Waals surface area contributed by atoms with Crippen molar-refractivity contribution in [3.8, 4) is 0 Å². The summed E-state index contributed by atoms with van der Waals surface area (Å²) in [6, 6.07) is 8.10. The van der Waals surface area contributed by atoms with Gasteiger partial charge in [-0.15, -0.1) is 0 Å². The number of morpholine rings is 1. The molecule has 0 atom stereocenters. The number of carbonyl (C=O) groups excluding carboxylic acids is 2. The molecule has 3 N–H and O–H groups in total. The molecule has 6 nitrogen and oxygen atoms in total. The summed E-state index contributed by atoms with van der Waals surface area (Å²) in [5.74, 6) is -1.32. The molecule has 2 amide bonds. The molecule has 9 heteroatoms. The maximum absolute atomic E-state index is 13.6. The van der Waals surface area contributed by atoms with E-state index < -0.39 is 23.6 Å². The van der Waals surface area contributed by atoms with Crippen molar-refractivity contribution in [2.45, 2.75) is 19.6 Å². The lowest BCUT2D eigenvalue weighted by atomic mass is 10.0. The summed E-state index contributed by atoms with van der Waals surface area (Å²) in [7, 11) is 0. The molecule has 0 aliphatic carbocycles. The van der Waals surface area contributed by atoms with E-state index in [0.717, 1.165) is 6.07 Å². The molecule has 1 saturated heterocycles. The number of primary amides is 1. The van der Waals surface area contributed by atoms with Crippen LogP contribution in [-0.2, 0) is 17.5 Å². The summed E-state index contributed by atoms with van der Waals surface area (Å²) in [6.45, 7) is 3.91. The second-order valence-electron chi connectivity index (χ2n) is 7.11. The summed E-state index contributed by atoms with van der Waals surface area (Å²) in [5.41, 5.74) is 5.55. The smallest absolute Gasteiger partial charge is 0.379 e. The van der Waals surface area contributed by atoms with E-state index in [4.69, 9.17) is 10.5 Å². The van der Waals surface area contributed by atoms with Crippen molar-refractivity contribution < 1.29 is 27.5 Å². The minimum atomic E-state index is -4.56. The molecule has 1 fully saturated rings. The first-order valence-electron chi connectivity index (χ1n) is 9.37. The van der Waals surface area contributed by atoms with Gasteiger partial charge < -0.3 is 15.8 Å². The molecule has 2 aromatic rings. The molecule has 3 rings (SSSR count). The van der Waals surface area contributed by atoms with E-state index >= 15 is 0 Å². The van der Waals surface area contributed by atoms with Crippen LogP contribution in [0, 0.1) is 6.92 Å². The molecule has 30 heavy (non-hydrogen) atoms. The first-order chi connectivity index (χ1) is 14.1. The molecule has 0 saturated carbocycles. The van der Waals surface area contributed by atoms with Gasteiger partial charge in [0.15, 0.2) is 0 Å². The Balaban J connectivity index is 1.83. The van der Waals surface area contributed by atoms with Crippen LogP contribution in [-0.4, -0.2) is 43.0 Å². The molecule has 1 heterocycles.